The van der Waals surface area contributed by atoms with Crippen LogP contribution in [0.15, 0.2) is 42.5 Å². The Labute approximate surface area is 97.5 Å². The van der Waals surface area contributed by atoms with Crippen molar-refractivity contribution in [2.75, 3.05) is 5.32 Å². The van der Waals surface area contributed by atoms with E-state index in [2.05, 4.69) is 5.32 Å². The normalized spacial score (nSPS) is 9.94. The first-order valence-electron chi connectivity index (χ1n) is 5.00. The summed E-state index contributed by atoms with van der Waals surface area (Å²) in [5.74, 6) is -0.412. The number of hydrogen-bond acceptors (Lipinski definition) is 2. The van der Waals surface area contributed by atoms with Crippen molar-refractivity contribution < 1.29 is 14.3 Å². The van der Waals surface area contributed by atoms with Gasteiger partial charge < -0.3 is 10.4 Å². The summed E-state index contributed by atoms with van der Waals surface area (Å²) in [6.07, 6.45) is 0.476. The highest BCUT2D eigenvalue weighted by atomic mass is 19.1. The Kier molecular flexibility index (Phi) is 3.05. The minimum atomic E-state index is -0.477. The molecule has 0 aliphatic carbocycles. The smallest absolute Gasteiger partial charge is 0.211 e. The van der Waals surface area contributed by atoms with Gasteiger partial charge in [-0.2, -0.15) is 0 Å². The number of nitrogens with one attached hydrogen (secondary N) is 1. The average Bonchev–Trinajstić information content (AvgIpc) is 2.29. The summed E-state index contributed by atoms with van der Waals surface area (Å²) in [7, 11) is 0. The van der Waals surface area contributed by atoms with E-state index < -0.39 is 5.82 Å². The van der Waals surface area contributed by atoms with Gasteiger partial charge in [0, 0.05) is 11.3 Å². The molecule has 0 aliphatic heterocycles. The molecule has 0 aromatic heterocycles. The number of halogens is 1. The van der Waals surface area contributed by atoms with E-state index in [-0.39, 0.29) is 5.75 Å². The largest absolute Gasteiger partial charge is 0.507 e. The maximum atomic E-state index is 13.3. The highest BCUT2D eigenvalue weighted by Gasteiger charge is 2.06. The van der Waals surface area contributed by atoms with Gasteiger partial charge in [-0.25, -0.2) is 4.39 Å². The van der Waals surface area contributed by atoms with Crippen molar-refractivity contribution >= 4 is 12.1 Å². The molecule has 0 saturated heterocycles. The predicted octanol–water partition coefficient (Wildman–Crippen LogP) is 2.77. The first-order chi connectivity index (χ1) is 8.20. The van der Waals surface area contributed by atoms with Gasteiger partial charge in [-0.1, -0.05) is 18.2 Å². The number of phenolic OH excluding ortho intramolecular Hbond substituents is 1. The third-order valence-corrected chi connectivity index (χ3v) is 2.34. The van der Waals surface area contributed by atoms with E-state index in [9.17, 15) is 14.3 Å². The van der Waals surface area contributed by atoms with Crippen LogP contribution in [0.25, 0.3) is 11.1 Å². The summed E-state index contributed by atoms with van der Waals surface area (Å²) in [5, 5.41) is 12.0. The van der Waals surface area contributed by atoms with Crippen LogP contribution in [0, 0.1) is 5.82 Å². The number of amides is 1. The number of carbonyl (C=O) groups excluding carboxylic acids is 1. The molecule has 17 heavy (non-hydrogen) atoms. The van der Waals surface area contributed by atoms with Crippen LogP contribution < -0.4 is 5.32 Å². The number of benzene rings is 2. The van der Waals surface area contributed by atoms with E-state index in [1.54, 1.807) is 24.3 Å². The number of para-hydroxylation sites is 1. The molecule has 0 spiro atoms. The van der Waals surface area contributed by atoms with Crippen LogP contribution in [0.2, 0.25) is 0 Å². The molecule has 1 amide bonds. The molecule has 0 bridgehead atoms. The van der Waals surface area contributed by atoms with E-state index in [0.29, 0.717) is 23.2 Å². The number of anilines is 1. The molecule has 0 heterocycles. The summed E-state index contributed by atoms with van der Waals surface area (Å²) in [5.41, 5.74) is 1.37. The lowest BCUT2D eigenvalue weighted by molar-refractivity contribution is -0.105. The van der Waals surface area contributed by atoms with E-state index in [4.69, 9.17) is 0 Å². The minimum absolute atomic E-state index is 0.0650. The SMILES string of the molecule is O=CNc1cc(F)cc(-c2ccccc2O)c1. The lowest BCUT2D eigenvalue weighted by Gasteiger charge is -2.07. The summed E-state index contributed by atoms with van der Waals surface area (Å²) in [6.45, 7) is 0. The molecule has 0 aliphatic rings. The molecule has 0 unspecified atom stereocenters. The highest BCUT2D eigenvalue weighted by molar-refractivity contribution is 5.78. The Morgan fingerprint density at radius 2 is 1.94 bits per heavy atom. The summed E-state index contributed by atoms with van der Waals surface area (Å²) in [6, 6.07) is 10.7. The number of rotatable bonds is 3. The molecule has 0 radical (unpaired) electrons. The van der Waals surface area contributed by atoms with Gasteiger partial charge in [-0.15, -0.1) is 0 Å². The number of carbonyl (C=O) groups is 1. The molecule has 4 heteroatoms. The van der Waals surface area contributed by atoms with Crippen LogP contribution >= 0.6 is 0 Å². The molecule has 2 aromatic rings. The fourth-order valence-electron chi connectivity index (χ4n) is 1.61. The van der Waals surface area contributed by atoms with Crippen molar-refractivity contribution in [3.63, 3.8) is 0 Å². The summed E-state index contributed by atoms with van der Waals surface area (Å²) >= 11 is 0. The molecule has 0 saturated carbocycles. The predicted molar refractivity (Wildman–Crippen MR) is 63.2 cm³/mol. The van der Waals surface area contributed by atoms with Crippen molar-refractivity contribution in [3.8, 4) is 16.9 Å². The molecule has 3 nitrogen and oxygen atoms in total. The van der Waals surface area contributed by atoms with Crippen molar-refractivity contribution in [1.82, 2.24) is 0 Å². The zero-order valence-electron chi connectivity index (χ0n) is 8.85. The molecule has 2 aromatic carbocycles. The van der Waals surface area contributed by atoms with Gasteiger partial charge >= 0.3 is 0 Å². The third-order valence-electron chi connectivity index (χ3n) is 2.34. The van der Waals surface area contributed by atoms with Gasteiger partial charge in [-0.05, 0) is 29.8 Å². The monoisotopic (exact) mass is 231 g/mol. The lowest BCUT2D eigenvalue weighted by Crippen LogP contribution is -1.95. The van der Waals surface area contributed by atoms with Crippen LogP contribution in [0.3, 0.4) is 0 Å². The molecule has 2 N–H and O–H groups in total. The molecule has 2 rings (SSSR count). The van der Waals surface area contributed by atoms with Crippen LogP contribution in [0.5, 0.6) is 5.75 Å². The Balaban J connectivity index is 2.52. The molecular weight excluding hydrogens is 221 g/mol. The van der Waals surface area contributed by atoms with Crippen molar-refractivity contribution in [2.45, 2.75) is 0 Å². The first kappa shape index (κ1) is 11.1. The molecule has 86 valence electrons. The Morgan fingerprint density at radius 3 is 2.65 bits per heavy atom. The number of hydrogen-bond donors (Lipinski definition) is 2. The number of aromatic hydroxyl groups is 1. The fourth-order valence-corrected chi connectivity index (χ4v) is 1.61. The van der Waals surface area contributed by atoms with Gasteiger partial charge in [0.2, 0.25) is 6.41 Å². The van der Waals surface area contributed by atoms with Gasteiger partial charge in [0.15, 0.2) is 0 Å². The second-order valence-corrected chi connectivity index (χ2v) is 3.51. The third kappa shape index (κ3) is 2.42. The first-order valence-corrected chi connectivity index (χ1v) is 5.00. The Bertz CT molecular complexity index is 555. The van der Waals surface area contributed by atoms with Crippen molar-refractivity contribution in [2.24, 2.45) is 0 Å². The van der Waals surface area contributed by atoms with Crippen LogP contribution in [-0.4, -0.2) is 11.5 Å². The van der Waals surface area contributed by atoms with E-state index in [1.807, 2.05) is 0 Å². The maximum Gasteiger partial charge on any atom is 0.211 e. The Morgan fingerprint density at radius 1 is 1.18 bits per heavy atom. The molecular formula is C13H10FNO2. The fraction of sp³-hybridized carbons (Fsp3) is 0. The van der Waals surface area contributed by atoms with Gasteiger partial charge in [0.25, 0.3) is 0 Å². The van der Waals surface area contributed by atoms with Gasteiger partial charge in [-0.3, -0.25) is 4.79 Å². The standard InChI is InChI=1S/C13H10FNO2/c14-10-5-9(6-11(7-10)15-8-16)12-3-1-2-4-13(12)17/h1-8,17H,(H,15,16). The Hall–Kier alpha value is -2.36. The van der Waals surface area contributed by atoms with Crippen LogP contribution in [-0.2, 0) is 4.79 Å². The zero-order chi connectivity index (χ0) is 12.3. The molecule has 0 fully saturated rings. The lowest BCUT2D eigenvalue weighted by atomic mass is 10.0. The zero-order valence-corrected chi connectivity index (χ0v) is 8.85. The average molecular weight is 231 g/mol. The summed E-state index contributed by atoms with van der Waals surface area (Å²) in [4.78, 5) is 10.3. The van der Waals surface area contributed by atoms with Gasteiger partial charge in [0.1, 0.15) is 11.6 Å². The van der Waals surface area contributed by atoms with Crippen LogP contribution in [0.4, 0.5) is 10.1 Å². The maximum absolute atomic E-state index is 13.3. The summed E-state index contributed by atoms with van der Waals surface area (Å²) < 4.78 is 13.3. The second-order valence-electron chi connectivity index (χ2n) is 3.51. The van der Waals surface area contributed by atoms with E-state index in [1.165, 1.54) is 18.2 Å². The van der Waals surface area contributed by atoms with Crippen molar-refractivity contribution in [3.05, 3.63) is 48.3 Å². The molecule has 0 atom stereocenters. The minimum Gasteiger partial charge on any atom is -0.507 e. The number of phenols is 1. The topological polar surface area (TPSA) is 49.3 Å². The second kappa shape index (κ2) is 4.65. The quantitative estimate of drug-likeness (QED) is 0.798. The van der Waals surface area contributed by atoms with Gasteiger partial charge in [0.05, 0.1) is 0 Å². The van der Waals surface area contributed by atoms with E-state index >= 15 is 0 Å². The van der Waals surface area contributed by atoms with Crippen LogP contribution in [0.1, 0.15) is 0 Å². The van der Waals surface area contributed by atoms with Crippen molar-refractivity contribution in [1.29, 1.82) is 0 Å². The van der Waals surface area contributed by atoms with E-state index in [0.717, 1.165) is 0 Å². The highest BCUT2D eigenvalue weighted by Crippen LogP contribution is 2.30.